The average molecular weight is 571 g/mol. The van der Waals surface area contributed by atoms with Gasteiger partial charge in [0.05, 0.1) is 13.2 Å². The zero-order valence-corrected chi connectivity index (χ0v) is 25.0. The lowest BCUT2D eigenvalue weighted by Gasteiger charge is -2.44. The smallest absolute Gasteiger partial charge is 0.478 e. The van der Waals surface area contributed by atoms with E-state index in [1.165, 1.54) is 33.0 Å². The van der Waals surface area contributed by atoms with Crippen LogP contribution in [0, 0.1) is 6.92 Å². The van der Waals surface area contributed by atoms with Gasteiger partial charge < -0.3 is 9.64 Å². The largest absolute Gasteiger partial charge is 0.496 e. The predicted molar refractivity (Wildman–Crippen MR) is 175 cm³/mol. The molecule has 1 aliphatic rings. The van der Waals surface area contributed by atoms with E-state index in [4.69, 9.17) is 9.57 Å². The number of hydrogen-bond acceptors (Lipinski definition) is 3. The molecule has 43 heavy (non-hydrogen) atoms. The maximum absolute atomic E-state index is 11.9. The van der Waals surface area contributed by atoms with Crippen LogP contribution in [0.3, 0.4) is 0 Å². The van der Waals surface area contributed by atoms with E-state index in [0.717, 1.165) is 37.4 Å². The molecule has 5 nitrogen and oxygen atoms in total. The summed E-state index contributed by atoms with van der Waals surface area (Å²) in [4.78, 5) is 19.0. The Kier molecular flexibility index (Phi) is 9.91. The van der Waals surface area contributed by atoms with Gasteiger partial charge in [-0.1, -0.05) is 121 Å². The van der Waals surface area contributed by atoms with Crippen molar-refractivity contribution in [2.24, 2.45) is 0 Å². The van der Waals surface area contributed by atoms with Crippen molar-refractivity contribution >= 4 is 34.1 Å². The number of carbonyl (C=O) groups is 1. The molecular formula is C37H39BN2O3. The molecule has 0 N–H and O–H groups in total. The predicted octanol–water partition coefficient (Wildman–Crippen LogP) is 4.39. The Hall–Kier alpha value is -4.84. The third kappa shape index (κ3) is 6.81. The fraction of sp³-hybridized carbons (Fsp3) is 0.189. The number of methoxy groups -OCH3 is 1. The number of ether oxygens (including phenoxy) is 1. The summed E-state index contributed by atoms with van der Waals surface area (Å²) < 4.78 is 6.58. The molecule has 1 aromatic heterocycles. The fourth-order valence-corrected chi connectivity index (χ4v) is 6.15. The van der Waals surface area contributed by atoms with Gasteiger partial charge >= 0.3 is 6.09 Å². The Morgan fingerprint density at radius 3 is 1.44 bits per heavy atom. The van der Waals surface area contributed by atoms with Crippen LogP contribution in [-0.4, -0.2) is 37.3 Å². The van der Waals surface area contributed by atoms with Gasteiger partial charge in [0.15, 0.2) is 0 Å². The maximum Gasteiger partial charge on any atom is 0.478 e. The summed E-state index contributed by atoms with van der Waals surface area (Å²) in [5, 5.41) is 0. The zero-order valence-electron chi connectivity index (χ0n) is 25.0. The topological polar surface area (TPSA) is 42.6 Å². The van der Waals surface area contributed by atoms with Crippen molar-refractivity contribution in [3.8, 4) is 5.75 Å². The van der Waals surface area contributed by atoms with Gasteiger partial charge in [0, 0.05) is 30.8 Å². The first-order valence-electron chi connectivity index (χ1n) is 15.0. The summed E-state index contributed by atoms with van der Waals surface area (Å²) in [7, 11) is 1.61. The molecular weight excluding hydrogens is 531 g/mol. The lowest BCUT2D eigenvalue weighted by molar-refractivity contribution is -0.873. The van der Waals surface area contributed by atoms with E-state index in [9.17, 15) is 4.79 Å². The minimum absolute atomic E-state index is 0.284. The van der Waals surface area contributed by atoms with Gasteiger partial charge in [-0.15, -0.1) is 0 Å². The monoisotopic (exact) mass is 570 g/mol. The quantitative estimate of drug-likeness (QED) is 0.225. The number of carbonyl (C=O) groups excluding carboxylic acids is 1. The first kappa shape index (κ1) is 29.7. The molecule has 0 bridgehead atoms. The number of amides is 1. The molecule has 5 aromatic rings. The first-order chi connectivity index (χ1) is 21.1. The van der Waals surface area contributed by atoms with Crippen LogP contribution in [-0.2, 0) is 0 Å². The Morgan fingerprint density at radius 2 is 1.07 bits per heavy atom. The molecule has 1 fully saturated rings. The van der Waals surface area contributed by atoms with Crippen molar-refractivity contribution < 1.29 is 19.1 Å². The lowest BCUT2D eigenvalue weighted by Crippen LogP contribution is -2.74. The Balaban J connectivity index is 0.000000181. The number of benzene rings is 4. The number of pyridine rings is 1. The van der Waals surface area contributed by atoms with Crippen molar-refractivity contribution in [2.45, 2.75) is 26.2 Å². The SMILES string of the molecule is COc1cc[n+](OC(=O)N2CCCCC2)c(C)c1.c1ccc([B-](c2ccccc2)(c2ccccc2)c2ccccc2)cc1. The number of aromatic nitrogens is 1. The molecule has 0 saturated carbocycles. The lowest BCUT2D eigenvalue weighted by atomic mass is 9.13. The maximum atomic E-state index is 11.9. The molecule has 0 atom stereocenters. The van der Waals surface area contributed by atoms with Crippen molar-refractivity contribution in [2.75, 3.05) is 20.2 Å². The summed E-state index contributed by atoms with van der Waals surface area (Å²) in [5.41, 5.74) is 6.18. The molecule has 1 aliphatic heterocycles. The molecule has 6 heteroatoms. The molecule has 6 rings (SSSR count). The van der Waals surface area contributed by atoms with E-state index >= 15 is 0 Å². The highest BCUT2D eigenvalue weighted by atomic mass is 16.7. The standard InChI is InChI=1S/C24H20B.C13H19N2O3/c1-5-13-21(14-6-1)25(22-15-7-2-8-16-22,23-17-9-3-10-18-23)24-19-11-4-12-20-24;1-11-10-12(17-2)6-9-15(11)18-13(16)14-7-4-3-5-8-14/h1-20H;6,9-10H,3-5,7-8H2,1-2H3/q-1;+1. The number of aryl methyl sites for hydroxylation is 1. The Morgan fingerprint density at radius 1 is 0.651 bits per heavy atom. The highest BCUT2D eigenvalue weighted by Crippen LogP contribution is 2.11. The molecule has 1 saturated heterocycles. The second kappa shape index (κ2) is 14.4. The van der Waals surface area contributed by atoms with Crippen LogP contribution in [0.5, 0.6) is 5.75 Å². The molecule has 0 radical (unpaired) electrons. The highest BCUT2D eigenvalue weighted by molar-refractivity contribution is 7.19. The van der Waals surface area contributed by atoms with Crippen molar-refractivity contribution in [1.29, 1.82) is 0 Å². The van der Waals surface area contributed by atoms with Crippen molar-refractivity contribution in [3.63, 3.8) is 0 Å². The number of rotatable bonds is 6. The fourth-order valence-electron chi connectivity index (χ4n) is 6.15. The summed E-state index contributed by atoms with van der Waals surface area (Å²) >= 11 is 0. The third-order valence-corrected chi connectivity index (χ3v) is 8.30. The van der Waals surface area contributed by atoms with Crippen LogP contribution in [0.15, 0.2) is 140 Å². The summed E-state index contributed by atoms with van der Waals surface area (Å²) in [6.07, 6.45) is 3.50. The number of likely N-dealkylation sites (tertiary alicyclic amines) is 1. The molecule has 218 valence electrons. The number of hydrogen-bond donors (Lipinski definition) is 0. The Labute approximate surface area is 255 Å². The van der Waals surface area contributed by atoms with E-state index in [-0.39, 0.29) is 6.09 Å². The van der Waals surface area contributed by atoms with Crippen LogP contribution in [0.1, 0.15) is 25.0 Å². The van der Waals surface area contributed by atoms with Gasteiger partial charge in [-0.05, 0) is 19.3 Å². The zero-order chi connectivity index (χ0) is 29.9. The van der Waals surface area contributed by atoms with Crippen LogP contribution >= 0.6 is 0 Å². The summed E-state index contributed by atoms with van der Waals surface area (Å²) in [5.74, 6) is 0.748. The van der Waals surface area contributed by atoms with Gasteiger partial charge in [-0.3, -0.25) is 0 Å². The molecule has 4 aromatic carbocycles. The normalized spacial score (nSPS) is 12.9. The van der Waals surface area contributed by atoms with Gasteiger partial charge in [0.1, 0.15) is 11.9 Å². The second-order valence-corrected chi connectivity index (χ2v) is 10.9. The minimum atomic E-state index is -1.22. The third-order valence-electron chi connectivity index (χ3n) is 8.30. The molecule has 0 spiro atoms. The van der Waals surface area contributed by atoms with E-state index in [1.54, 1.807) is 24.3 Å². The van der Waals surface area contributed by atoms with E-state index in [2.05, 4.69) is 121 Å². The second-order valence-electron chi connectivity index (χ2n) is 10.9. The van der Waals surface area contributed by atoms with E-state index < -0.39 is 6.15 Å². The summed E-state index contributed by atoms with van der Waals surface area (Å²) in [6.45, 7) is 3.44. The first-order valence-corrected chi connectivity index (χ1v) is 15.0. The molecule has 1 amide bonds. The van der Waals surface area contributed by atoms with Gasteiger partial charge in [-0.2, -0.15) is 26.7 Å². The van der Waals surface area contributed by atoms with Crippen LogP contribution in [0.2, 0.25) is 0 Å². The number of nitrogens with zero attached hydrogens (tertiary/aromatic N) is 2. The van der Waals surface area contributed by atoms with Gasteiger partial charge in [-0.25, -0.2) is 4.79 Å². The van der Waals surface area contributed by atoms with E-state index in [0.29, 0.717) is 0 Å². The van der Waals surface area contributed by atoms with Gasteiger partial charge in [0.25, 0.3) is 0 Å². The van der Waals surface area contributed by atoms with Gasteiger partial charge in [0.2, 0.25) is 11.9 Å². The molecule has 2 heterocycles. The van der Waals surface area contributed by atoms with Crippen molar-refractivity contribution in [1.82, 2.24) is 4.90 Å². The Bertz CT molecular complexity index is 1410. The highest BCUT2D eigenvalue weighted by Gasteiger charge is 2.31. The molecule has 0 aliphatic carbocycles. The number of piperidine rings is 1. The van der Waals surface area contributed by atoms with Crippen LogP contribution in [0.25, 0.3) is 0 Å². The van der Waals surface area contributed by atoms with Crippen LogP contribution in [0.4, 0.5) is 4.79 Å². The average Bonchev–Trinajstić information content (AvgIpc) is 3.09. The summed E-state index contributed by atoms with van der Waals surface area (Å²) in [6, 6.07) is 47.1. The minimum Gasteiger partial charge on any atom is -0.496 e. The molecule has 0 unspecified atom stereocenters. The van der Waals surface area contributed by atoms with Crippen molar-refractivity contribution in [3.05, 3.63) is 145 Å². The van der Waals surface area contributed by atoms with E-state index in [1.807, 2.05) is 13.0 Å². The van der Waals surface area contributed by atoms with Crippen LogP contribution < -0.4 is 36.2 Å².